The van der Waals surface area contributed by atoms with Crippen LogP contribution in [0.4, 0.5) is 10.7 Å². The van der Waals surface area contributed by atoms with Crippen LogP contribution in [0.25, 0.3) is 11.5 Å². The fourth-order valence-corrected chi connectivity index (χ4v) is 4.29. The van der Waals surface area contributed by atoms with E-state index in [0.717, 1.165) is 38.0 Å². The van der Waals surface area contributed by atoms with Gasteiger partial charge in [-0.1, -0.05) is 18.2 Å². The van der Waals surface area contributed by atoms with Crippen LogP contribution >= 0.6 is 0 Å². The molecule has 5 heterocycles. The van der Waals surface area contributed by atoms with Gasteiger partial charge in [0, 0.05) is 18.0 Å². The molecule has 1 aromatic carbocycles. The lowest BCUT2D eigenvalue weighted by Crippen LogP contribution is -2.61. The molecule has 1 atom stereocenters. The first kappa shape index (κ1) is 14.0. The number of anilines is 1. The molecule has 0 saturated carbocycles. The van der Waals surface area contributed by atoms with Crippen molar-refractivity contribution in [3.63, 3.8) is 0 Å². The largest absolute Gasteiger partial charge is 0.439 e. The van der Waals surface area contributed by atoms with E-state index >= 15 is 0 Å². The number of hydrogen-bond acceptors (Lipinski definition) is 5. The Balaban J connectivity index is 1.42. The Morgan fingerprint density at radius 2 is 1.92 bits per heavy atom. The third-order valence-electron chi connectivity index (χ3n) is 5.54. The molecule has 4 saturated heterocycles. The third-order valence-corrected chi connectivity index (χ3v) is 5.54. The number of nitrogens with zero attached hydrogens (tertiary/aromatic N) is 3. The van der Waals surface area contributed by atoms with E-state index in [1.807, 2.05) is 30.3 Å². The molecule has 0 radical (unpaired) electrons. The lowest BCUT2D eigenvalue weighted by molar-refractivity contribution is -0.0881. The number of carbonyl (C=O) groups is 1. The molecular weight excluding hydrogens is 306 g/mol. The standard InChI is InChI=1S/C18H19N3O3/c22-17-21(12-18(24-17)11-20-8-6-14(18)7-9-20)15-10-19-16(23-15)13-4-2-1-3-5-13/h1-5,10,14H,6-9,11-12H2/t18-/m1/s1. The van der Waals surface area contributed by atoms with Crippen LogP contribution in [0, 0.1) is 5.92 Å². The fraction of sp³-hybridized carbons (Fsp3) is 0.444. The van der Waals surface area contributed by atoms with E-state index in [2.05, 4.69) is 9.88 Å². The topological polar surface area (TPSA) is 58.8 Å². The number of ether oxygens (including phenoxy) is 1. The van der Waals surface area contributed by atoms with E-state index in [-0.39, 0.29) is 11.7 Å². The van der Waals surface area contributed by atoms with Crippen molar-refractivity contribution >= 4 is 12.0 Å². The molecule has 1 spiro atoms. The fourth-order valence-electron chi connectivity index (χ4n) is 4.29. The maximum atomic E-state index is 12.5. The van der Waals surface area contributed by atoms with Crippen LogP contribution in [0.3, 0.4) is 0 Å². The van der Waals surface area contributed by atoms with E-state index < -0.39 is 0 Å². The second-order valence-corrected chi connectivity index (χ2v) is 6.94. The average Bonchev–Trinajstić information content (AvgIpc) is 3.22. The summed E-state index contributed by atoms with van der Waals surface area (Å²) in [4.78, 5) is 20.8. The van der Waals surface area contributed by atoms with E-state index in [4.69, 9.17) is 9.15 Å². The van der Waals surface area contributed by atoms with Crippen LogP contribution in [0.5, 0.6) is 0 Å². The van der Waals surface area contributed by atoms with E-state index in [0.29, 0.717) is 24.2 Å². The van der Waals surface area contributed by atoms with Gasteiger partial charge >= 0.3 is 6.09 Å². The number of amides is 1. The van der Waals surface area contributed by atoms with Crippen LogP contribution in [-0.2, 0) is 4.74 Å². The van der Waals surface area contributed by atoms with E-state index in [1.54, 1.807) is 11.1 Å². The molecule has 24 heavy (non-hydrogen) atoms. The second-order valence-electron chi connectivity index (χ2n) is 6.94. The van der Waals surface area contributed by atoms with Gasteiger partial charge in [0.2, 0.25) is 11.8 Å². The van der Waals surface area contributed by atoms with Crippen molar-refractivity contribution < 1.29 is 13.9 Å². The number of aromatic nitrogens is 1. The van der Waals surface area contributed by atoms with Gasteiger partial charge in [-0.3, -0.25) is 4.90 Å². The van der Waals surface area contributed by atoms with Gasteiger partial charge in [0.15, 0.2) is 0 Å². The summed E-state index contributed by atoms with van der Waals surface area (Å²) in [7, 11) is 0. The van der Waals surface area contributed by atoms with Crippen LogP contribution in [0.1, 0.15) is 12.8 Å². The number of rotatable bonds is 2. The molecule has 1 amide bonds. The molecular formula is C18H19N3O3. The Morgan fingerprint density at radius 1 is 1.12 bits per heavy atom. The Morgan fingerprint density at radius 3 is 2.62 bits per heavy atom. The maximum Gasteiger partial charge on any atom is 0.417 e. The summed E-state index contributed by atoms with van der Waals surface area (Å²) < 4.78 is 11.7. The molecule has 2 aromatic rings. The van der Waals surface area contributed by atoms with Crippen molar-refractivity contribution in [3.05, 3.63) is 36.5 Å². The quantitative estimate of drug-likeness (QED) is 0.850. The zero-order valence-electron chi connectivity index (χ0n) is 13.4. The van der Waals surface area contributed by atoms with E-state index in [9.17, 15) is 4.79 Å². The number of fused-ring (bicyclic) bond motifs is 2. The van der Waals surface area contributed by atoms with Gasteiger partial charge in [-0.05, 0) is 38.1 Å². The van der Waals surface area contributed by atoms with Gasteiger partial charge < -0.3 is 9.15 Å². The van der Waals surface area contributed by atoms with Gasteiger partial charge in [0.25, 0.3) is 0 Å². The minimum absolute atomic E-state index is 0.320. The molecule has 4 fully saturated rings. The first-order chi connectivity index (χ1) is 11.7. The van der Waals surface area contributed by atoms with Gasteiger partial charge in [0.1, 0.15) is 5.60 Å². The Labute approximate surface area is 140 Å². The predicted molar refractivity (Wildman–Crippen MR) is 87.7 cm³/mol. The third kappa shape index (κ3) is 2.06. The number of piperidine rings is 3. The molecule has 6 rings (SSSR count). The highest BCUT2D eigenvalue weighted by Gasteiger charge is 2.56. The van der Waals surface area contributed by atoms with Crippen LogP contribution in [0.2, 0.25) is 0 Å². The molecule has 124 valence electrons. The molecule has 1 aromatic heterocycles. The molecule has 6 nitrogen and oxygen atoms in total. The lowest BCUT2D eigenvalue weighted by Gasteiger charge is -2.49. The normalized spacial score (nSPS) is 31.7. The summed E-state index contributed by atoms with van der Waals surface area (Å²) in [6.45, 7) is 3.62. The summed E-state index contributed by atoms with van der Waals surface area (Å²) in [5.41, 5.74) is 0.515. The summed E-state index contributed by atoms with van der Waals surface area (Å²) in [5.74, 6) is 1.44. The predicted octanol–water partition coefficient (Wildman–Crippen LogP) is 2.76. The van der Waals surface area contributed by atoms with Crippen LogP contribution in [-0.4, -0.2) is 47.8 Å². The summed E-state index contributed by atoms with van der Waals surface area (Å²) in [6, 6.07) is 9.69. The Kier molecular flexibility index (Phi) is 2.97. The van der Waals surface area contributed by atoms with Crippen molar-refractivity contribution in [2.45, 2.75) is 18.4 Å². The first-order valence-electron chi connectivity index (χ1n) is 8.48. The zero-order valence-corrected chi connectivity index (χ0v) is 13.4. The highest BCUT2D eigenvalue weighted by molar-refractivity contribution is 5.89. The van der Waals surface area contributed by atoms with Crippen molar-refractivity contribution in [1.29, 1.82) is 0 Å². The SMILES string of the molecule is O=C1O[C@]2(CN3CCC2CC3)CN1c1cnc(-c2ccccc2)o1. The number of carbonyl (C=O) groups excluding carboxylic acids is 1. The van der Waals surface area contributed by atoms with Crippen LogP contribution < -0.4 is 4.90 Å². The van der Waals surface area contributed by atoms with Crippen molar-refractivity contribution in [2.75, 3.05) is 31.1 Å². The summed E-state index contributed by atoms with van der Waals surface area (Å²) in [5, 5.41) is 0. The molecule has 4 aliphatic heterocycles. The Hall–Kier alpha value is -2.34. The van der Waals surface area contributed by atoms with Crippen molar-refractivity contribution in [2.24, 2.45) is 5.92 Å². The molecule has 0 aliphatic carbocycles. The molecule has 0 N–H and O–H groups in total. The van der Waals surface area contributed by atoms with E-state index in [1.165, 1.54) is 0 Å². The highest BCUT2D eigenvalue weighted by Crippen LogP contribution is 2.43. The zero-order chi connectivity index (χ0) is 16.1. The van der Waals surface area contributed by atoms with Gasteiger partial charge in [-0.2, -0.15) is 0 Å². The number of hydrogen-bond donors (Lipinski definition) is 0. The minimum Gasteiger partial charge on any atom is -0.439 e. The number of oxazole rings is 1. The van der Waals surface area contributed by atoms with Crippen molar-refractivity contribution in [1.82, 2.24) is 9.88 Å². The minimum atomic E-state index is -0.382. The second kappa shape index (κ2) is 5.08. The number of benzene rings is 1. The van der Waals surface area contributed by atoms with Gasteiger partial charge in [0.05, 0.1) is 12.7 Å². The van der Waals surface area contributed by atoms with Gasteiger partial charge in [-0.25, -0.2) is 14.7 Å². The van der Waals surface area contributed by atoms with Gasteiger partial charge in [-0.15, -0.1) is 0 Å². The molecule has 2 bridgehead atoms. The molecule has 0 unspecified atom stereocenters. The first-order valence-corrected chi connectivity index (χ1v) is 8.48. The van der Waals surface area contributed by atoms with Crippen LogP contribution in [0.15, 0.2) is 40.9 Å². The Bertz CT molecular complexity index is 767. The molecule has 4 aliphatic rings. The van der Waals surface area contributed by atoms with Crippen molar-refractivity contribution in [3.8, 4) is 11.5 Å². The monoisotopic (exact) mass is 325 g/mol. The molecule has 6 heteroatoms. The maximum absolute atomic E-state index is 12.5. The lowest BCUT2D eigenvalue weighted by atomic mass is 9.75. The summed E-state index contributed by atoms with van der Waals surface area (Å²) >= 11 is 0. The summed E-state index contributed by atoms with van der Waals surface area (Å²) in [6.07, 6.45) is 3.50. The smallest absolute Gasteiger partial charge is 0.417 e. The average molecular weight is 325 g/mol. The highest BCUT2D eigenvalue weighted by atomic mass is 16.6.